The highest BCUT2D eigenvalue weighted by Crippen LogP contribution is 2.08. The van der Waals surface area contributed by atoms with E-state index in [9.17, 15) is 18.0 Å². The highest BCUT2D eigenvalue weighted by atomic mass is 32.2. The Bertz CT molecular complexity index is 594. The number of nitrogens with zero attached hydrogens (tertiary/aromatic N) is 1. The van der Waals surface area contributed by atoms with Gasteiger partial charge in [0, 0.05) is 0 Å². The molecule has 20 heavy (non-hydrogen) atoms. The van der Waals surface area contributed by atoms with Crippen LogP contribution in [0.3, 0.4) is 0 Å². The normalized spacial score (nSPS) is 12.2. The van der Waals surface area contributed by atoms with E-state index in [-0.39, 0.29) is 18.0 Å². The molecule has 0 aliphatic rings. The van der Waals surface area contributed by atoms with Gasteiger partial charge in [-0.05, 0) is 19.1 Å². The fourth-order valence-electron chi connectivity index (χ4n) is 1.39. The molecule has 0 saturated carbocycles. The summed E-state index contributed by atoms with van der Waals surface area (Å²) in [4.78, 5) is 24.9. The molecule has 0 aliphatic heterocycles. The number of hydrogen-bond acceptors (Lipinski definition) is 6. The first-order valence-electron chi connectivity index (χ1n) is 5.79. The van der Waals surface area contributed by atoms with Crippen LogP contribution in [0, 0.1) is 0 Å². The monoisotopic (exact) mass is 298 g/mol. The van der Waals surface area contributed by atoms with Gasteiger partial charge in [-0.1, -0.05) is 18.2 Å². The number of sulfonamides is 1. The van der Waals surface area contributed by atoms with Crippen LogP contribution in [0.25, 0.3) is 0 Å². The summed E-state index contributed by atoms with van der Waals surface area (Å²) in [6.45, 7) is 1.31. The van der Waals surface area contributed by atoms with Crippen molar-refractivity contribution in [1.82, 2.24) is 4.72 Å². The average Bonchev–Trinajstić information content (AvgIpc) is 2.44. The van der Waals surface area contributed by atoms with Gasteiger partial charge < -0.3 is 4.74 Å². The number of aliphatic imine (C=N–C) groups is 1. The van der Waals surface area contributed by atoms with Gasteiger partial charge in [0.25, 0.3) is 0 Å². The Balaban J connectivity index is 2.93. The molecule has 0 radical (unpaired) electrons. The summed E-state index contributed by atoms with van der Waals surface area (Å²) in [6, 6.07) is 6.27. The fraction of sp³-hybridized carbons (Fsp3) is 0.333. The fourth-order valence-corrected chi connectivity index (χ4v) is 2.58. The number of esters is 1. The van der Waals surface area contributed by atoms with Crippen LogP contribution in [0.1, 0.15) is 6.92 Å². The second-order valence-electron chi connectivity index (χ2n) is 3.67. The third-order valence-corrected chi connectivity index (χ3v) is 3.75. The van der Waals surface area contributed by atoms with Crippen molar-refractivity contribution in [2.75, 3.05) is 13.2 Å². The number of benzene rings is 1. The zero-order chi connectivity index (χ0) is 15.0. The molecule has 1 aromatic carbocycles. The van der Waals surface area contributed by atoms with E-state index in [0.717, 1.165) is 0 Å². The number of hydrogen-bond donors (Lipinski definition) is 1. The molecular formula is C12H14N2O5S. The molecule has 1 N–H and O–H groups in total. The molecule has 0 bridgehead atoms. The van der Waals surface area contributed by atoms with Gasteiger partial charge in [0.2, 0.25) is 16.1 Å². The van der Waals surface area contributed by atoms with Crippen LogP contribution in [-0.4, -0.2) is 39.7 Å². The second kappa shape index (κ2) is 7.54. The van der Waals surface area contributed by atoms with E-state index in [1.807, 2.05) is 0 Å². The SMILES string of the molecule is CCOC(=O)[C@H](CN=C=O)NS(=O)(=O)c1ccccc1. The van der Waals surface area contributed by atoms with Gasteiger partial charge in [-0.15, -0.1) is 0 Å². The molecule has 0 aliphatic carbocycles. The highest BCUT2D eigenvalue weighted by Gasteiger charge is 2.26. The Morgan fingerprint density at radius 3 is 2.60 bits per heavy atom. The first kappa shape index (κ1) is 16.0. The van der Waals surface area contributed by atoms with Crippen LogP contribution in [0.15, 0.2) is 40.2 Å². The van der Waals surface area contributed by atoms with Crippen molar-refractivity contribution >= 4 is 22.1 Å². The second-order valence-corrected chi connectivity index (χ2v) is 5.38. The first-order valence-corrected chi connectivity index (χ1v) is 7.27. The van der Waals surface area contributed by atoms with Crippen molar-refractivity contribution in [3.05, 3.63) is 30.3 Å². The molecule has 108 valence electrons. The van der Waals surface area contributed by atoms with E-state index in [1.54, 1.807) is 25.1 Å². The lowest BCUT2D eigenvalue weighted by Crippen LogP contribution is -2.43. The predicted molar refractivity (Wildman–Crippen MR) is 70.2 cm³/mol. The topological polar surface area (TPSA) is 102 Å². The van der Waals surface area contributed by atoms with Crippen LogP contribution in [-0.2, 0) is 24.3 Å². The molecule has 0 saturated heterocycles. The number of rotatable bonds is 7. The highest BCUT2D eigenvalue weighted by molar-refractivity contribution is 7.89. The van der Waals surface area contributed by atoms with Gasteiger partial charge in [-0.3, -0.25) is 4.79 Å². The molecule has 1 atom stereocenters. The molecule has 0 unspecified atom stereocenters. The molecule has 0 spiro atoms. The van der Waals surface area contributed by atoms with Crippen LogP contribution >= 0.6 is 0 Å². The van der Waals surface area contributed by atoms with Crippen molar-refractivity contribution in [1.29, 1.82) is 0 Å². The van der Waals surface area contributed by atoms with Crippen LogP contribution in [0.2, 0.25) is 0 Å². The molecule has 0 heterocycles. The van der Waals surface area contributed by atoms with Crippen molar-refractivity contribution in [3.63, 3.8) is 0 Å². The third-order valence-electron chi connectivity index (χ3n) is 2.26. The van der Waals surface area contributed by atoms with Gasteiger partial charge in [-0.25, -0.2) is 18.2 Å². The van der Waals surface area contributed by atoms with Gasteiger partial charge in [-0.2, -0.15) is 4.72 Å². The molecule has 7 nitrogen and oxygen atoms in total. The van der Waals surface area contributed by atoms with Crippen LogP contribution in [0.5, 0.6) is 0 Å². The molecule has 8 heteroatoms. The first-order chi connectivity index (χ1) is 9.51. The maximum atomic E-state index is 12.1. The van der Waals surface area contributed by atoms with Gasteiger partial charge in [0.15, 0.2) is 0 Å². The smallest absolute Gasteiger partial charge is 0.326 e. The molecular weight excluding hydrogens is 284 g/mol. The summed E-state index contributed by atoms with van der Waals surface area (Å²) in [7, 11) is -3.89. The molecule has 0 fully saturated rings. The largest absolute Gasteiger partial charge is 0.465 e. The zero-order valence-electron chi connectivity index (χ0n) is 10.8. The van der Waals surface area contributed by atoms with Gasteiger partial charge in [0.05, 0.1) is 18.0 Å². The summed E-state index contributed by atoms with van der Waals surface area (Å²) in [5.74, 6) is -0.800. The zero-order valence-corrected chi connectivity index (χ0v) is 11.6. The molecule has 0 amide bonds. The maximum Gasteiger partial charge on any atom is 0.326 e. The Labute approximate surface area is 116 Å². The van der Waals surface area contributed by atoms with Gasteiger partial charge in [0.1, 0.15) is 6.04 Å². The van der Waals surface area contributed by atoms with Crippen LogP contribution < -0.4 is 4.72 Å². The van der Waals surface area contributed by atoms with Crippen LogP contribution in [0.4, 0.5) is 0 Å². The van der Waals surface area contributed by atoms with Gasteiger partial charge >= 0.3 is 5.97 Å². The minimum absolute atomic E-state index is 0.00406. The summed E-state index contributed by atoms with van der Waals surface area (Å²) >= 11 is 0. The maximum absolute atomic E-state index is 12.1. The minimum Gasteiger partial charge on any atom is -0.465 e. The minimum atomic E-state index is -3.89. The number of ether oxygens (including phenoxy) is 1. The Hall–Kier alpha value is -2.02. The van der Waals surface area contributed by atoms with Crippen molar-refractivity contribution < 1.29 is 22.7 Å². The Morgan fingerprint density at radius 2 is 2.05 bits per heavy atom. The average molecular weight is 298 g/mol. The lowest BCUT2D eigenvalue weighted by atomic mass is 10.3. The van der Waals surface area contributed by atoms with E-state index in [4.69, 9.17) is 4.74 Å². The van der Waals surface area contributed by atoms with E-state index >= 15 is 0 Å². The lowest BCUT2D eigenvalue weighted by Gasteiger charge is -2.15. The quantitative estimate of drug-likeness (QED) is 0.441. The van der Waals surface area contributed by atoms with Crippen molar-refractivity contribution in [3.8, 4) is 0 Å². The summed E-state index contributed by atoms with van der Waals surface area (Å²) in [5.41, 5.74) is 0. The molecule has 0 aromatic heterocycles. The molecule has 1 rings (SSSR count). The number of isocyanates is 1. The number of carbonyl (C=O) groups excluding carboxylic acids is 2. The summed E-state index contributed by atoms with van der Waals surface area (Å²) < 4.78 is 31.0. The Morgan fingerprint density at radius 1 is 1.40 bits per heavy atom. The van der Waals surface area contributed by atoms with Crippen molar-refractivity contribution in [2.45, 2.75) is 17.9 Å². The summed E-state index contributed by atoms with van der Waals surface area (Å²) in [6.07, 6.45) is 1.25. The Kier molecular flexibility index (Phi) is 6.05. The van der Waals surface area contributed by atoms with Crippen molar-refractivity contribution in [2.24, 2.45) is 4.99 Å². The number of carbonyl (C=O) groups is 1. The van der Waals surface area contributed by atoms with E-state index in [1.165, 1.54) is 18.2 Å². The standard InChI is InChI=1S/C12H14N2O5S/c1-2-19-12(16)11(8-13-9-15)14-20(17,18)10-6-4-3-5-7-10/h3-7,11,14H,2,8H2,1H3/t11-/m0/s1. The summed E-state index contributed by atoms with van der Waals surface area (Å²) in [5, 5.41) is 0. The number of nitrogens with one attached hydrogen (secondary N) is 1. The predicted octanol–water partition coefficient (Wildman–Crippen LogP) is 0.232. The van der Waals surface area contributed by atoms with E-state index in [2.05, 4.69) is 9.71 Å². The third kappa shape index (κ3) is 4.58. The van der Waals surface area contributed by atoms with E-state index in [0.29, 0.717) is 0 Å². The molecule has 1 aromatic rings. The lowest BCUT2D eigenvalue weighted by molar-refractivity contribution is -0.144. The van der Waals surface area contributed by atoms with E-state index < -0.39 is 22.0 Å².